The van der Waals surface area contributed by atoms with Crippen molar-refractivity contribution in [2.24, 2.45) is 0 Å². The van der Waals surface area contributed by atoms with E-state index >= 15 is 0 Å². The summed E-state index contributed by atoms with van der Waals surface area (Å²) in [5.74, 6) is -1.33. The van der Waals surface area contributed by atoms with Crippen molar-refractivity contribution in [3.05, 3.63) is 72.4 Å². The Morgan fingerprint density at radius 3 is 2.50 bits per heavy atom. The average molecular weight is 637 g/mol. The van der Waals surface area contributed by atoms with Crippen LogP contribution >= 0.6 is 57.5 Å². The molecule has 6 nitrogen and oxygen atoms in total. The molecule has 1 fully saturated rings. The van der Waals surface area contributed by atoms with Crippen molar-refractivity contribution in [1.82, 2.24) is 9.88 Å². The average Bonchev–Trinajstić information content (AvgIpc) is 3.57. The van der Waals surface area contributed by atoms with Gasteiger partial charge in [-0.25, -0.2) is 9.78 Å². The van der Waals surface area contributed by atoms with Crippen LogP contribution in [0, 0.1) is 0 Å². The van der Waals surface area contributed by atoms with E-state index in [1.165, 1.54) is 79.9 Å². The Labute approximate surface area is 256 Å². The quantitative estimate of drug-likeness (QED) is 0.200. The van der Waals surface area contributed by atoms with Crippen molar-refractivity contribution in [2.45, 2.75) is 51.0 Å². The minimum atomic E-state index is -1.08. The van der Waals surface area contributed by atoms with Gasteiger partial charge < -0.3 is 5.11 Å². The Balaban J connectivity index is 1.42. The molecule has 0 saturated heterocycles. The number of nitrogens with one attached hydrogen (secondary N) is 1. The van der Waals surface area contributed by atoms with Crippen molar-refractivity contribution < 1.29 is 14.7 Å². The number of rotatable bonds is 7. The zero-order chi connectivity index (χ0) is 28.4. The summed E-state index contributed by atoms with van der Waals surface area (Å²) in [5.41, 5.74) is 1.51. The topological polar surface area (TPSA) is 82.5 Å². The largest absolute Gasteiger partial charge is 0.478 e. The van der Waals surface area contributed by atoms with E-state index in [9.17, 15) is 14.7 Å². The highest BCUT2D eigenvalue weighted by Gasteiger charge is 2.29. The van der Waals surface area contributed by atoms with Crippen LogP contribution in [0.5, 0.6) is 0 Å². The fraction of sp³-hybridized carbons (Fsp3) is 0.345. The Bertz CT molecular complexity index is 1470. The summed E-state index contributed by atoms with van der Waals surface area (Å²) >= 11 is 22.0. The molecule has 0 radical (unpaired) electrons. The van der Waals surface area contributed by atoms with Gasteiger partial charge in [0.25, 0.3) is 5.91 Å². The maximum Gasteiger partial charge on any atom is 0.331 e. The van der Waals surface area contributed by atoms with Crippen LogP contribution in [0.2, 0.25) is 15.1 Å². The summed E-state index contributed by atoms with van der Waals surface area (Å²) in [7, 11) is 0. The molecule has 1 atom stereocenters. The van der Waals surface area contributed by atoms with Gasteiger partial charge in [0.15, 0.2) is 5.13 Å². The molecular formula is C29H28Cl3N3O3S2. The van der Waals surface area contributed by atoms with Gasteiger partial charge in [-0.3, -0.25) is 15.0 Å². The lowest BCUT2D eigenvalue weighted by Gasteiger charge is -2.37. The Kier molecular flexibility index (Phi) is 9.35. The number of carboxylic acid groups (broad SMARTS) is 1. The van der Waals surface area contributed by atoms with Crippen LogP contribution in [0.25, 0.3) is 16.6 Å². The molecule has 5 rings (SSSR count). The molecule has 210 valence electrons. The standard InChI is InChI=1S/C29H28Cl3N3O3S2/c1-16(28(37)38)10-21-22(31)11-18(12-23(21)32)27(36)34-29-33-25(24-13-19(30)15-39-24)26(40-29)17-6-5-9-35(14-17)20-7-3-2-4-8-20/h5-6,10-13,15,17,20H,2-4,7-9,14H2,1H3,(H,37,38)(H,33,34,36)/b16-10+. The van der Waals surface area contributed by atoms with E-state index in [0.717, 1.165) is 28.5 Å². The van der Waals surface area contributed by atoms with Gasteiger partial charge in [-0.15, -0.1) is 22.7 Å². The predicted molar refractivity (Wildman–Crippen MR) is 166 cm³/mol. The number of amides is 1. The van der Waals surface area contributed by atoms with Crippen molar-refractivity contribution in [1.29, 1.82) is 0 Å². The van der Waals surface area contributed by atoms with Gasteiger partial charge in [-0.05, 0) is 44.0 Å². The van der Waals surface area contributed by atoms with E-state index in [0.29, 0.717) is 21.8 Å². The van der Waals surface area contributed by atoms with E-state index in [1.54, 1.807) is 0 Å². The molecule has 3 aromatic rings. The Morgan fingerprint density at radius 2 is 1.85 bits per heavy atom. The summed E-state index contributed by atoms with van der Waals surface area (Å²) in [6.07, 6.45) is 12.3. The van der Waals surface area contributed by atoms with Crippen LogP contribution < -0.4 is 5.32 Å². The zero-order valence-electron chi connectivity index (χ0n) is 21.8. The first-order valence-electron chi connectivity index (χ1n) is 13.1. The number of benzene rings is 1. The highest BCUT2D eigenvalue weighted by atomic mass is 35.5. The number of halogens is 3. The highest BCUT2D eigenvalue weighted by molar-refractivity contribution is 7.17. The number of nitrogens with zero attached hydrogens (tertiary/aromatic N) is 2. The van der Waals surface area contributed by atoms with Crippen molar-refractivity contribution in [3.63, 3.8) is 0 Å². The highest BCUT2D eigenvalue weighted by Crippen LogP contribution is 2.42. The number of carbonyl (C=O) groups is 2. The van der Waals surface area contributed by atoms with Crippen LogP contribution in [0.4, 0.5) is 5.13 Å². The molecule has 1 unspecified atom stereocenters. The molecule has 1 aliphatic carbocycles. The number of hydrogen-bond donors (Lipinski definition) is 2. The van der Waals surface area contributed by atoms with E-state index in [4.69, 9.17) is 39.8 Å². The number of thiophene rings is 1. The smallest absolute Gasteiger partial charge is 0.331 e. The van der Waals surface area contributed by atoms with Gasteiger partial charge >= 0.3 is 5.97 Å². The normalized spacial score (nSPS) is 18.7. The number of aliphatic carboxylic acids is 1. The predicted octanol–water partition coefficient (Wildman–Crippen LogP) is 8.86. The molecule has 1 amide bonds. The van der Waals surface area contributed by atoms with Gasteiger partial charge in [0.05, 0.1) is 25.6 Å². The van der Waals surface area contributed by atoms with E-state index in [2.05, 4.69) is 22.4 Å². The lowest BCUT2D eigenvalue weighted by Crippen LogP contribution is -2.41. The van der Waals surface area contributed by atoms with Crippen LogP contribution in [0.1, 0.15) is 65.7 Å². The molecule has 0 spiro atoms. The maximum absolute atomic E-state index is 13.2. The number of hydrogen-bond acceptors (Lipinski definition) is 6. The molecule has 11 heteroatoms. The molecule has 40 heavy (non-hydrogen) atoms. The molecule has 3 heterocycles. The SMILES string of the molecule is C/C(=C\c1c(Cl)cc(C(=O)Nc2nc(-c3cc(Cl)cs3)c(C3C=CCN(C4CCCCC4)C3)s2)cc1Cl)C(=O)O. The van der Waals surface area contributed by atoms with E-state index in [1.807, 2.05) is 11.4 Å². The number of thiazole rings is 1. The summed E-state index contributed by atoms with van der Waals surface area (Å²) in [6.45, 7) is 3.32. The molecule has 0 bridgehead atoms. The van der Waals surface area contributed by atoms with Gasteiger partial charge in [-0.2, -0.15) is 0 Å². The number of anilines is 1. The van der Waals surface area contributed by atoms with Crippen LogP contribution in [0.3, 0.4) is 0 Å². The third-order valence-electron chi connectivity index (χ3n) is 7.28. The van der Waals surface area contributed by atoms with Crippen LogP contribution in [-0.4, -0.2) is 46.0 Å². The van der Waals surface area contributed by atoms with Gasteiger partial charge in [0.1, 0.15) is 0 Å². The van der Waals surface area contributed by atoms with E-state index < -0.39 is 11.9 Å². The molecule has 2 aliphatic rings. The third-order valence-corrected chi connectivity index (χ3v) is 10.3. The fourth-order valence-corrected chi connectivity index (χ4v) is 8.00. The summed E-state index contributed by atoms with van der Waals surface area (Å²) < 4.78 is 0. The summed E-state index contributed by atoms with van der Waals surface area (Å²) in [4.78, 5) is 33.9. The molecule has 2 N–H and O–H groups in total. The van der Waals surface area contributed by atoms with Gasteiger partial charge in [0, 0.05) is 52.0 Å². The van der Waals surface area contributed by atoms with E-state index in [-0.39, 0.29) is 27.1 Å². The number of carboxylic acids is 1. The first-order valence-corrected chi connectivity index (χ1v) is 15.9. The molecule has 1 aliphatic heterocycles. The lowest BCUT2D eigenvalue weighted by molar-refractivity contribution is -0.132. The second kappa shape index (κ2) is 12.8. The Morgan fingerprint density at radius 1 is 1.12 bits per heavy atom. The minimum absolute atomic E-state index is 0.0799. The molecule has 2 aromatic heterocycles. The van der Waals surface area contributed by atoms with Crippen LogP contribution in [0.15, 0.2) is 41.3 Å². The van der Waals surface area contributed by atoms with Gasteiger partial charge in [0.2, 0.25) is 0 Å². The second-order valence-corrected chi connectivity index (χ2v) is 13.3. The van der Waals surface area contributed by atoms with Gasteiger partial charge in [-0.1, -0.05) is 66.2 Å². The zero-order valence-corrected chi connectivity index (χ0v) is 25.7. The van der Waals surface area contributed by atoms with Crippen molar-refractivity contribution in [2.75, 3.05) is 18.4 Å². The summed E-state index contributed by atoms with van der Waals surface area (Å²) in [6, 6.07) is 5.47. The lowest BCUT2D eigenvalue weighted by atomic mass is 9.91. The third kappa shape index (κ3) is 6.64. The monoisotopic (exact) mass is 635 g/mol. The number of aromatic nitrogens is 1. The first kappa shape index (κ1) is 29.3. The fourth-order valence-electron chi connectivity index (χ4n) is 5.21. The first-order chi connectivity index (χ1) is 19.2. The van der Waals surface area contributed by atoms with Crippen molar-refractivity contribution in [3.8, 4) is 10.6 Å². The maximum atomic E-state index is 13.2. The van der Waals surface area contributed by atoms with Crippen molar-refractivity contribution >= 4 is 80.6 Å². The second-order valence-electron chi connectivity index (χ2n) is 10.1. The molecule has 1 saturated carbocycles. The van der Waals surface area contributed by atoms with Crippen LogP contribution in [-0.2, 0) is 4.79 Å². The Hall–Kier alpha value is -2.20. The molecule has 1 aromatic carbocycles. The number of carbonyl (C=O) groups excluding carboxylic acids is 1. The minimum Gasteiger partial charge on any atom is -0.478 e. The summed E-state index contributed by atoms with van der Waals surface area (Å²) in [5, 5.41) is 15.5. The molecular weight excluding hydrogens is 609 g/mol.